The first-order chi connectivity index (χ1) is 15.4. The lowest BCUT2D eigenvalue weighted by atomic mass is 10.1. The van der Waals surface area contributed by atoms with Crippen LogP contribution in [0, 0.1) is 19.8 Å². The normalized spacial score (nSPS) is 12.6. The summed E-state index contributed by atoms with van der Waals surface area (Å²) in [5.41, 5.74) is 2.85. The number of carbonyl (C=O) groups excluding carboxylic acids is 2. The van der Waals surface area contributed by atoms with Gasteiger partial charge in [0.25, 0.3) is 0 Å². The fraction of sp³-hybridized carbons (Fsp3) is 0.440. The number of aryl methyl sites for hydroxylation is 2. The number of carbonyl (C=O) groups is 2. The van der Waals surface area contributed by atoms with Crippen LogP contribution in [0.3, 0.4) is 0 Å². The summed E-state index contributed by atoms with van der Waals surface area (Å²) >= 11 is 0. The monoisotopic (exact) mass is 473 g/mol. The Labute approximate surface area is 197 Å². The Hall–Kier alpha value is -2.71. The zero-order chi connectivity index (χ0) is 24.8. The highest BCUT2D eigenvalue weighted by Gasteiger charge is 2.30. The molecule has 0 aliphatic carbocycles. The highest BCUT2D eigenvalue weighted by Crippen LogP contribution is 2.17. The summed E-state index contributed by atoms with van der Waals surface area (Å²) in [5, 5.41) is 2.86. The van der Waals surface area contributed by atoms with Gasteiger partial charge in [-0.15, -0.1) is 0 Å². The van der Waals surface area contributed by atoms with Gasteiger partial charge in [-0.05, 0) is 44.4 Å². The largest absolute Gasteiger partial charge is 0.354 e. The minimum atomic E-state index is -3.85. The van der Waals surface area contributed by atoms with Crippen LogP contribution in [0.5, 0.6) is 0 Å². The second-order valence-corrected chi connectivity index (χ2v) is 10.9. The molecule has 0 aliphatic heterocycles. The van der Waals surface area contributed by atoms with Crippen molar-refractivity contribution in [2.45, 2.75) is 52.1 Å². The van der Waals surface area contributed by atoms with Gasteiger partial charge in [0, 0.05) is 20.1 Å². The van der Waals surface area contributed by atoms with Crippen molar-refractivity contribution < 1.29 is 18.0 Å². The Morgan fingerprint density at radius 3 is 2.18 bits per heavy atom. The van der Waals surface area contributed by atoms with Crippen LogP contribution < -0.4 is 5.32 Å². The van der Waals surface area contributed by atoms with E-state index in [-0.39, 0.29) is 29.8 Å². The zero-order valence-corrected chi connectivity index (χ0v) is 21.1. The third-order valence-corrected chi connectivity index (χ3v) is 7.19. The second kappa shape index (κ2) is 11.4. The quantitative estimate of drug-likeness (QED) is 0.574. The molecule has 2 aromatic rings. The fourth-order valence-electron chi connectivity index (χ4n) is 3.30. The Bertz CT molecular complexity index is 1070. The molecular formula is C25H35N3O4S. The van der Waals surface area contributed by atoms with Crippen molar-refractivity contribution in [1.29, 1.82) is 0 Å². The van der Waals surface area contributed by atoms with Gasteiger partial charge in [0.15, 0.2) is 0 Å². The maximum atomic E-state index is 13.3. The summed E-state index contributed by atoms with van der Waals surface area (Å²) in [7, 11) is -2.47. The van der Waals surface area contributed by atoms with E-state index in [2.05, 4.69) is 5.32 Å². The molecule has 0 radical (unpaired) electrons. The lowest BCUT2D eigenvalue weighted by Crippen LogP contribution is -2.51. The molecule has 2 aromatic carbocycles. The van der Waals surface area contributed by atoms with Gasteiger partial charge in [-0.25, -0.2) is 8.42 Å². The zero-order valence-electron chi connectivity index (χ0n) is 20.3. The van der Waals surface area contributed by atoms with Crippen molar-refractivity contribution in [1.82, 2.24) is 14.5 Å². The van der Waals surface area contributed by atoms with Crippen molar-refractivity contribution in [2.75, 3.05) is 20.1 Å². The number of nitrogens with zero attached hydrogens (tertiary/aromatic N) is 2. The number of sulfonamides is 1. The van der Waals surface area contributed by atoms with E-state index in [1.54, 1.807) is 19.1 Å². The Balaban J connectivity index is 2.25. The number of nitrogens with one attached hydrogen (secondary N) is 1. The molecule has 0 saturated heterocycles. The molecule has 0 bridgehead atoms. The molecule has 2 rings (SSSR count). The molecule has 0 spiro atoms. The van der Waals surface area contributed by atoms with E-state index in [1.165, 1.54) is 24.1 Å². The van der Waals surface area contributed by atoms with Gasteiger partial charge in [0.1, 0.15) is 6.04 Å². The SMILES string of the molecule is Cc1ccc(S(=O)(=O)N(C)CC(=O)N(Cc2cccc(C)c2)C(C)C(=O)NCC(C)C)cc1. The van der Waals surface area contributed by atoms with Gasteiger partial charge in [-0.1, -0.05) is 61.4 Å². The average molecular weight is 474 g/mol. The first kappa shape index (κ1) is 26.5. The minimum absolute atomic E-state index is 0.122. The number of hydrogen-bond acceptors (Lipinski definition) is 4. The van der Waals surface area contributed by atoms with Crippen LogP contribution in [-0.2, 0) is 26.2 Å². The van der Waals surface area contributed by atoms with Crippen LogP contribution >= 0.6 is 0 Å². The van der Waals surface area contributed by atoms with E-state index in [9.17, 15) is 18.0 Å². The lowest BCUT2D eigenvalue weighted by Gasteiger charge is -2.30. The maximum absolute atomic E-state index is 13.3. The first-order valence-electron chi connectivity index (χ1n) is 11.1. The van der Waals surface area contributed by atoms with Gasteiger partial charge in [-0.3, -0.25) is 9.59 Å². The standard InChI is InChI=1S/C25H35N3O4S/c1-18(2)15-26-25(30)21(5)28(16-22-9-7-8-20(4)14-22)24(29)17-27(6)33(31,32)23-12-10-19(3)11-13-23/h7-14,18,21H,15-17H2,1-6H3,(H,26,30). The number of likely N-dealkylation sites (N-methyl/N-ethyl adjacent to an activating group) is 1. The summed E-state index contributed by atoms with van der Waals surface area (Å²) in [4.78, 5) is 27.6. The van der Waals surface area contributed by atoms with Gasteiger partial charge in [-0.2, -0.15) is 4.31 Å². The molecule has 33 heavy (non-hydrogen) atoms. The molecule has 8 heteroatoms. The molecule has 0 saturated carbocycles. The van der Waals surface area contributed by atoms with E-state index in [4.69, 9.17) is 0 Å². The third-order valence-electron chi connectivity index (χ3n) is 5.37. The molecule has 0 aromatic heterocycles. The summed E-state index contributed by atoms with van der Waals surface area (Å²) in [5.74, 6) is -0.441. The number of amides is 2. The van der Waals surface area contributed by atoms with Gasteiger partial charge < -0.3 is 10.2 Å². The Kier molecular flexibility index (Phi) is 9.19. The molecule has 180 valence electrons. The van der Waals surface area contributed by atoms with Crippen molar-refractivity contribution in [3.8, 4) is 0 Å². The van der Waals surface area contributed by atoms with E-state index in [1.807, 2.05) is 52.0 Å². The van der Waals surface area contributed by atoms with Gasteiger partial charge >= 0.3 is 0 Å². The highest BCUT2D eigenvalue weighted by atomic mass is 32.2. The molecule has 1 unspecified atom stereocenters. The smallest absolute Gasteiger partial charge is 0.243 e. The van der Waals surface area contributed by atoms with Crippen LogP contribution in [-0.4, -0.2) is 55.6 Å². The van der Waals surface area contributed by atoms with Crippen LogP contribution in [0.2, 0.25) is 0 Å². The maximum Gasteiger partial charge on any atom is 0.243 e. The Morgan fingerprint density at radius 1 is 0.970 bits per heavy atom. The van der Waals surface area contributed by atoms with Crippen molar-refractivity contribution in [2.24, 2.45) is 5.92 Å². The van der Waals surface area contributed by atoms with Crippen molar-refractivity contribution in [3.63, 3.8) is 0 Å². The van der Waals surface area contributed by atoms with E-state index in [0.717, 1.165) is 21.0 Å². The summed E-state index contributed by atoms with van der Waals surface area (Å²) in [6, 6.07) is 13.4. The number of benzene rings is 2. The first-order valence-corrected chi connectivity index (χ1v) is 12.5. The number of hydrogen-bond donors (Lipinski definition) is 1. The molecule has 0 aliphatic rings. The summed E-state index contributed by atoms with van der Waals surface area (Å²) in [6.07, 6.45) is 0. The van der Waals surface area contributed by atoms with E-state index in [0.29, 0.717) is 6.54 Å². The van der Waals surface area contributed by atoms with Crippen molar-refractivity contribution in [3.05, 3.63) is 65.2 Å². The third kappa shape index (κ3) is 7.40. The van der Waals surface area contributed by atoms with Gasteiger partial charge in [0.2, 0.25) is 21.8 Å². The topological polar surface area (TPSA) is 86.8 Å². The highest BCUT2D eigenvalue weighted by molar-refractivity contribution is 7.89. The van der Waals surface area contributed by atoms with Crippen LogP contribution in [0.15, 0.2) is 53.4 Å². The molecule has 1 N–H and O–H groups in total. The molecule has 0 fully saturated rings. The predicted molar refractivity (Wildman–Crippen MR) is 130 cm³/mol. The van der Waals surface area contributed by atoms with Crippen LogP contribution in [0.1, 0.15) is 37.5 Å². The van der Waals surface area contributed by atoms with E-state index < -0.39 is 22.0 Å². The molecular weight excluding hydrogens is 438 g/mol. The van der Waals surface area contributed by atoms with Crippen molar-refractivity contribution >= 4 is 21.8 Å². The average Bonchev–Trinajstić information content (AvgIpc) is 2.75. The van der Waals surface area contributed by atoms with Crippen LogP contribution in [0.25, 0.3) is 0 Å². The predicted octanol–water partition coefficient (Wildman–Crippen LogP) is 3.11. The molecule has 1 atom stereocenters. The second-order valence-electron chi connectivity index (χ2n) is 8.90. The summed E-state index contributed by atoms with van der Waals surface area (Å²) < 4.78 is 27.0. The number of rotatable bonds is 10. The van der Waals surface area contributed by atoms with Crippen LogP contribution in [0.4, 0.5) is 0 Å². The van der Waals surface area contributed by atoms with Gasteiger partial charge in [0.05, 0.1) is 11.4 Å². The fourth-order valence-corrected chi connectivity index (χ4v) is 4.42. The summed E-state index contributed by atoms with van der Waals surface area (Å²) in [6.45, 7) is 9.81. The Morgan fingerprint density at radius 2 is 1.61 bits per heavy atom. The van der Waals surface area contributed by atoms with E-state index >= 15 is 0 Å². The lowest BCUT2D eigenvalue weighted by molar-refractivity contribution is -0.140. The molecule has 0 heterocycles. The molecule has 2 amide bonds. The minimum Gasteiger partial charge on any atom is -0.354 e. The molecule has 7 nitrogen and oxygen atoms in total.